The summed E-state index contributed by atoms with van der Waals surface area (Å²) in [5, 5.41) is 0.327. The van der Waals surface area contributed by atoms with E-state index in [1.807, 2.05) is 6.07 Å². The van der Waals surface area contributed by atoms with Gasteiger partial charge in [0.15, 0.2) is 11.5 Å². The Morgan fingerprint density at radius 1 is 1.16 bits per heavy atom. The van der Waals surface area contributed by atoms with E-state index in [4.69, 9.17) is 21.1 Å². The highest BCUT2D eigenvalue weighted by molar-refractivity contribution is 6.32. The van der Waals surface area contributed by atoms with Crippen molar-refractivity contribution in [3.63, 3.8) is 0 Å². The van der Waals surface area contributed by atoms with Gasteiger partial charge in [0.2, 0.25) is 0 Å². The number of hydrogen-bond acceptors (Lipinski definition) is 3. The van der Waals surface area contributed by atoms with E-state index in [2.05, 4.69) is 0 Å². The molecule has 2 aliphatic heterocycles. The van der Waals surface area contributed by atoms with Crippen molar-refractivity contribution in [3.8, 4) is 11.5 Å². The second-order valence-electron chi connectivity index (χ2n) is 6.14. The molecule has 2 heterocycles. The van der Waals surface area contributed by atoms with E-state index < -0.39 is 0 Å². The van der Waals surface area contributed by atoms with Crippen LogP contribution in [0.1, 0.15) is 28.8 Å². The highest BCUT2D eigenvalue weighted by Crippen LogP contribution is 2.39. The van der Waals surface area contributed by atoms with Crippen LogP contribution < -0.4 is 14.4 Å². The average molecular weight is 362 g/mol. The quantitative estimate of drug-likeness (QED) is 0.762. The Labute approximate surface area is 150 Å². The number of ether oxygens (including phenoxy) is 2. The van der Waals surface area contributed by atoms with Crippen LogP contribution in [0.15, 0.2) is 30.3 Å². The Morgan fingerprint density at radius 2 is 2.00 bits per heavy atom. The molecule has 0 aliphatic carbocycles. The van der Waals surface area contributed by atoms with E-state index in [1.54, 1.807) is 18.2 Å². The zero-order valence-corrected chi connectivity index (χ0v) is 14.3. The molecule has 25 heavy (non-hydrogen) atoms. The standard InChI is InChI=1S/C19H17ClFNO3/c20-14-10-13(11-16-18(14)25-9-3-8-24-16)19(23)22-7-2-5-12-4-1-6-15(21)17(12)22/h1,4,6,10-11H,2-3,5,7-9H2. The van der Waals surface area contributed by atoms with E-state index in [0.29, 0.717) is 47.5 Å². The molecule has 0 spiro atoms. The smallest absolute Gasteiger partial charge is 0.258 e. The predicted octanol–water partition coefficient (Wildman–Crippen LogP) is 4.23. The first-order chi connectivity index (χ1) is 12.1. The molecule has 0 fully saturated rings. The maximum atomic E-state index is 14.3. The van der Waals surface area contributed by atoms with Crippen molar-refractivity contribution in [1.29, 1.82) is 0 Å². The summed E-state index contributed by atoms with van der Waals surface area (Å²) in [6.45, 7) is 1.49. The van der Waals surface area contributed by atoms with Gasteiger partial charge in [-0.2, -0.15) is 0 Å². The van der Waals surface area contributed by atoms with E-state index in [-0.39, 0.29) is 11.7 Å². The normalized spacial score (nSPS) is 16.2. The van der Waals surface area contributed by atoms with Gasteiger partial charge in [0.1, 0.15) is 5.82 Å². The molecule has 2 aromatic carbocycles. The minimum Gasteiger partial charge on any atom is -0.489 e. The molecule has 0 atom stereocenters. The van der Waals surface area contributed by atoms with Crippen LogP contribution in [0, 0.1) is 5.82 Å². The first-order valence-corrected chi connectivity index (χ1v) is 8.71. The van der Waals surface area contributed by atoms with Gasteiger partial charge in [-0.05, 0) is 36.6 Å². The lowest BCUT2D eigenvalue weighted by Crippen LogP contribution is -2.36. The molecular formula is C19H17ClFNO3. The average Bonchev–Trinajstić information content (AvgIpc) is 2.87. The fraction of sp³-hybridized carbons (Fsp3) is 0.316. The fourth-order valence-corrected chi connectivity index (χ4v) is 3.58. The molecule has 2 aliphatic rings. The van der Waals surface area contributed by atoms with Gasteiger partial charge in [-0.1, -0.05) is 23.7 Å². The van der Waals surface area contributed by atoms with Crippen LogP contribution >= 0.6 is 11.6 Å². The molecule has 0 saturated heterocycles. The number of hydrogen-bond donors (Lipinski definition) is 0. The number of aryl methyl sites for hydroxylation is 1. The van der Waals surface area contributed by atoms with Crippen LogP contribution in [0.3, 0.4) is 0 Å². The number of nitrogens with zero attached hydrogens (tertiary/aromatic N) is 1. The van der Waals surface area contributed by atoms with Crippen LogP contribution in [0.2, 0.25) is 5.02 Å². The van der Waals surface area contributed by atoms with E-state index in [1.165, 1.54) is 11.0 Å². The third kappa shape index (κ3) is 2.93. The van der Waals surface area contributed by atoms with Crippen LogP contribution in [0.5, 0.6) is 11.5 Å². The summed E-state index contributed by atoms with van der Waals surface area (Å²) in [7, 11) is 0. The summed E-state index contributed by atoms with van der Waals surface area (Å²) in [4.78, 5) is 14.5. The molecule has 4 rings (SSSR count). The minimum absolute atomic E-state index is 0.288. The second-order valence-corrected chi connectivity index (χ2v) is 6.55. The van der Waals surface area contributed by atoms with Crippen molar-refractivity contribution < 1.29 is 18.7 Å². The molecule has 130 valence electrons. The van der Waals surface area contributed by atoms with Crippen LogP contribution in [-0.4, -0.2) is 25.7 Å². The number of halogens is 2. The first kappa shape index (κ1) is 16.2. The number of para-hydroxylation sites is 1. The van der Waals surface area contributed by atoms with Gasteiger partial charge in [0, 0.05) is 18.5 Å². The first-order valence-electron chi connectivity index (χ1n) is 8.33. The van der Waals surface area contributed by atoms with E-state index in [0.717, 1.165) is 24.8 Å². The lowest BCUT2D eigenvalue weighted by Gasteiger charge is -2.30. The summed E-state index contributed by atoms with van der Waals surface area (Å²) in [6.07, 6.45) is 2.30. The van der Waals surface area contributed by atoms with Crippen molar-refractivity contribution >= 4 is 23.2 Å². The Balaban J connectivity index is 1.74. The molecule has 0 unspecified atom stereocenters. The van der Waals surface area contributed by atoms with Gasteiger partial charge in [-0.15, -0.1) is 0 Å². The predicted molar refractivity (Wildman–Crippen MR) is 93.5 cm³/mol. The SMILES string of the molecule is O=C(c1cc(Cl)c2c(c1)OCCCO2)N1CCCc2cccc(F)c21. The maximum Gasteiger partial charge on any atom is 0.258 e. The van der Waals surface area contributed by atoms with Gasteiger partial charge in [0.25, 0.3) is 5.91 Å². The van der Waals surface area contributed by atoms with Gasteiger partial charge in [-0.25, -0.2) is 4.39 Å². The largest absolute Gasteiger partial charge is 0.489 e. The summed E-state index contributed by atoms with van der Waals surface area (Å²) in [6, 6.07) is 8.10. The Kier molecular flexibility index (Phi) is 4.25. The van der Waals surface area contributed by atoms with Gasteiger partial charge >= 0.3 is 0 Å². The molecule has 1 amide bonds. The van der Waals surface area contributed by atoms with Crippen LogP contribution in [-0.2, 0) is 6.42 Å². The Morgan fingerprint density at radius 3 is 2.88 bits per heavy atom. The third-order valence-corrected chi connectivity index (χ3v) is 4.74. The lowest BCUT2D eigenvalue weighted by atomic mass is 10.00. The van der Waals surface area contributed by atoms with E-state index >= 15 is 0 Å². The van der Waals surface area contributed by atoms with Gasteiger partial charge < -0.3 is 14.4 Å². The number of benzene rings is 2. The molecule has 0 N–H and O–H groups in total. The summed E-state index contributed by atoms with van der Waals surface area (Å²) >= 11 is 6.28. The highest BCUT2D eigenvalue weighted by atomic mass is 35.5. The molecule has 0 saturated carbocycles. The Bertz CT molecular complexity index is 840. The Hall–Kier alpha value is -2.27. The zero-order chi connectivity index (χ0) is 17.4. The van der Waals surface area contributed by atoms with Gasteiger partial charge in [0.05, 0.1) is 23.9 Å². The van der Waals surface area contributed by atoms with Crippen molar-refractivity contribution in [1.82, 2.24) is 0 Å². The molecule has 0 radical (unpaired) electrons. The fourth-order valence-electron chi connectivity index (χ4n) is 3.32. The summed E-state index contributed by atoms with van der Waals surface area (Å²) < 4.78 is 25.6. The number of carbonyl (C=O) groups excluding carboxylic acids is 1. The van der Waals surface area contributed by atoms with Crippen molar-refractivity contribution in [2.24, 2.45) is 0 Å². The second kappa shape index (κ2) is 6.56. The minimum atomic E-state index is -0.383. The number of rotatable bonds is 1. The van der Waals surface area contributed by atoms with E-state index in [9.17, 15) is 9.18 Å². The third-order valence-electron chi connectivity index (χ3n) is 4.46. The zero-order valence-electron chi connectivity index (χ0n) is 13.6. The molecule has 2 aromatic rings. The number of amides is 1. The number of anilines is 1. The number of fused-ring (bicyclic) bond motifs is 2. The topological polar surface area (TPSA) is 38.8 Å². The summed E-state index contributed by atoms with van der Waals surface area (Å²) in [5.74, 6) is 0.245. The van der Waals surface area contributed by atoms with Crippen molar-refractivity contribution in [2.45, 2.75) is 19.3 Å². The van der Waals surface area contributed by atoms with Crippen molar-refractivity contribution in [3.05, 3.63) is 52.3 Å². The van der Waals surface area contributed by atoms with Crippen LogP contribution in [0.4, 0.5) is 10.1 Å². The monoisotopic (exact) mass is 361 g/mol. The molecule has 0 bridgehead atoms. The van der Waals surface area contributed by atoms with Gasteiger partial charge in [-0.3, -0.25) is 4.79 Å². The molecule has 6 heteroatoms. The summed E-state index contributed by atoms with van der Waals surface area (Å²) in [5.41, 5.74) is 1.58. The number of carbonyl (C=O) groups is 1. The van der Waals surface area contributed by atoms with Crippen molar-refractivity contribution in [2.75, 3.05) is 24.7 Å². The lowest BCUT2D eigenvalue weighted by molar-refractivity contribution is 0.0983. The molecular weight excluding hydrogens is 345 g/mol. The molecule has 4 nitrogen and oxygen atoms in total. The maximum absolute atomic E-state index is 14.3. The van der Waals surface area contributed by atoms with Crippen LogP contribution in [0.25, 0.3) is 0 Å². The molecule has 0 aromatic heterocycles. The highest BCUT2D eigenvalue weighted by Gasteiger charge is 2.28.